The van der Waals surface area contributed by atoms with Gasteiger partial charge < -0.3 is 15.4 Å². The first-order valence-electron chi connectivity index (χ1n) is 4.61. The van der Waals surface area contributed by atoms with Crippen molar-refractivity contribution in [1.29, 1.82) is 0 Å². The summed E-state index contributed by atoms with van der Waals surface area (Å²) < 4.78 is 5.03. The van der Waals surface area contributed by atoms with Crippen LogP contribution < -0.4 is 15.4 Å². The second-order valence-corrected chi connectivity index (χ2v) is 3.46. The highest BCUT2D eigenvalue weighted by Gasteiger charge is 2.28. The fourth-order valence-corrected chi connectivity index (χ4v) is 1.45. The van der Waals surface area contributed by atoms with Gasteiger partial charge in [0.15, 0.2) is 5.82 Å². The van der Waals surface area contributed by atoms with Crippen molar-refractivity contribution in [2.45, 2.75) is 18.9 Å². The molecule has 0 aromatic carbocycles. The van der Waals surface area contributed by atoms with Gasteiger partial charge in [0.05, 0.1) is 7.11 Å². The first-order chi connectivity index (χ1) is 6.74. The van der Waals surface area contributed by atoms with E-state index in [-0.39, 0.29) is 0 Å². The van der Waals surface area contributed by atoms with E-state index in [1.165, 1.54) is 19.2 Å². The highest BCUT2D eigenvalue weighted by atomic mass is 16.5. The first kappa shape index (κ1) is 9.05. The number of rotatable bonds is 3. The van der Waals surface area contributed by atoms with Crippen LogP contribution in [0.2, 0.25) is 0 Å². The molecule has 1 heterocycles. The maximum absolute atomic E-state index is 5.87. The Labute approximate surface area is 82.9 Å². The second kappa shape index (κ2) is 3.32. The molecule has 0 bridgehead atoms. The maximum atomic E-state index is 5.87. The van der Waals surface area contributed by atoms with Gasteiger partial charge in [0.25, 0.3) is 0 Å². The number of nitrogens with two attached hydrogens (primary N) is 1. The van der Waals surface area contributed by atoms with E-state index in [1.54, 1.807) is 7.11 Å². The van der Waals surface area contributed by atoms with Gasteiger partial charge in [0.1, 0.15) is 12.0 Å². The Kier molecular flexibility index (Phi) is 2.15. The van der Waals surface area contributed by atoms with Gasteiger partial charge in [-0.15, -0.1) is 0 Å². The monoisotopic (exact) mass is 194 g/mol. The summed E-state index contributed by atoms with van der Waals surface area (Å²) >= 11 is 0. The molecular weight excluding hydrogens is 180 g/mol. The SMILES string of the molecule is COc1ncnc(N(C)C2CC2)c1N. The van der Waals surface area contributed by atoms with Gasteiger partial charge in [-0.3, -0.25) is 0 Å². The highest BCUT2D eigenvalue weighted by Crippen LogP contribution is 2.34. The zero-order valence-corrected chi connectivity index (χ0v) is 8.40. The average Bonchev–Trinajstić information content (AvgIpc) is 3.00. The number of hydrogen-bond donors (Lipinski definition) is 1. The highest BCUT2D eigenvalue weighted by molar-refractivity contribution is 5.68. The Morgan fingerprint density at radius 1 is 1.50 bits per heavy atom. The molecule has 5 heteroatoms. The fourth-order valence-electron chi connectivity index (χ4n) is 1.45. The van der Waals surface area contributed by atoms with E-state index in [0.717, 1.165) is 5.82 Å². The van der Waals surface area contributed by atoms with Crippen LogP contribution in [0, 0.1) is 0 Å². The van der Waals surface area contributed by atoms with Crippen molar-refractivity contribution in [3.8, 4) is 5.88 Å². The Morgan fingerprint density at radius 2 is 2.21 bits per heavy atom. The molecule has 1 fully saturated rings. The summed E-state index contributed by atoms with van der Waals surface area (Å²) in [6.45, 7) is 0. The summed E-state index contributed by atoms with van der Waals surface area (Å²) in [5.74, 6) is 1.21. The van der Waals surface area contributed by atoms with Gasteiger partial charge in [-0.1, -0.05) is 0 Å². The van der Waals surface area contributed by atoms with Gasteiger partial charge in [-0.25, -0.2) is 4.98 Å². The van der Waals surface area contributed by atoms with Crippen LogP contribution in [0.5, 0.6) is 5.88 Å². The van der Waals surface area contributed by atoms with Crippen LogP contribution in [0.3, 0.4) is 0 Å². The normalized spacial score (nSPS) is 15.3. The summed E-state index contributed by atoms with van der Waals surface area (Å²) in [6.07, 6.45) is 3.90. The van der Waals surface area contributed by atoms with Gasteiger partial charge in [0.2, 0.25) is 5.88 Å². The quantitative estimate of drug-likeness (QED) is 0.766. The topological polar surface area (TPSA) is 64.3 Å². The van der Waals surface area contributed by atoms with Gasteiger partial charge >= 0.3 is 0 Å². The zero-order valence-electron chi connectivity index (χ0n) is 8.40. The molecule has 1 saturated carbocycles. The fraction of sp³-hybridized carbons (Fsp3) is 0.556. The van der Waals surface area contributed by atoms with Crippen molar-refractivity contribution in [2.75, 3.05) is 24.8 Å². The average molecular weight is 194 g/mol. The molecule has 1 aliphatic rings. The Balaban J connectivity index is 2.31. The lowest BCUT2D eigenvalue weighted by Crippen LogP contribution is -2.22. The van der Waals surface area contributed by atoms with Crippen molar-refractivity contribution >= 4 is 11.5 Å². The Bertz CT molecular complexity index is 338. The number of methoxy groups -OCH3 is 1. The van der Waals surface area contributed by atoms with E-state index >= 15 is 0 Å². The van der Waals surface area contributed by atoms with Crippen molar-refractivity contribution < 1.29 is 4.74 Å². The van der Waals surface area contributed by atoms with Crippen molar-refractivity contribution in [1.82, 2.24) is 9.97 Å². The molecular formula is C9H14N4O. The predicted octanol–water partition coefficient (Wildman–Crippen LogP) is 0.666. The lowest BCUT2D eigenvalue weighted by molar-refractivity contribution is 0.399. The smallest absolute Gasteiger partial charge is 0.242 e. The number of hydrogen-bond acceptors (Lipinski definition) is 5. The molecule has 1 aromatic rings. The van der Waals surface area contributed by atoms with E-state index in [0.29, 0.717) is 17.6 Å². The third-order valence-electron chi connectivity index (χ3n) is 2.45. The minimum absolute atomic E-state index is 0.447. The van der Waals surface area contributed by atoms with Crippen LogP contribution in [0.1, 0.15) is 12.8 Å². The second-order valence-electron chi connectivity index (χ2n) is 3.46. The van der Waals surface area contributed by atoms with Crippen molar-refractivity contribution in [3.05, 3.63) is 6.33 Å². The number of anilines is 2. The van der Waals surface area contributed by atoms with Crippen LogP contribution in [-0.4, -0.2) is 30.2 Å². The molecule has 14 heavy (non-hydrogen) atoms. The Morgan fingerprint density at radius 3 is 2.79 bits per heavy atom. The molecule has 2 N–H and O–H groups in total. The van der Waals surface area contributed by atoms with Gasteiger partial charge in [-0.2, -0.15) is 4.98 Å². The molecule has 1 aliphatic carbocycles. The molecule has 0 radical (unpaired) electrons. The van der Waals surface area contributed by atoms with Gasteiger partial charge in [0, 0.05) is 13.1 Å². The standard InChI is InChI=1S/C9H14N4O/c1-13(6-3-4-6)8-7(10)9(14-2)12-5-11-8/h5-6H,3-4,10H2,1-2H3. The molecule has 0 unspecified atom stereocenters. The summed E-state index contributed by atoms with van der Waals surface area (Å²) in [4.78, 5) is 10.2. The lowest BCUT2D eigenvalue weighted by atomic mass is 10.4. The number of aromatic nitrogens is 2. The largest absolute Gasteiger partial charge is 0.479 e. The third kappa shape index (κ3) is 1.45. The summed E-state index contributed by atoms with van der Waals surface area (Å²) in [5, 5.41) is 0. The lowest BCUT2D eigenvalue weighted by Gasteiger charge is -2.19. The molecule has 76 valence electrons. The van der Waals surface area contributed by atoms with E-state index in [4.69, 9.17) is 10.5 Å². The molecule has 0 saturated heterocycles. The van der Waals surface area contributed by atoms with Crippen LogP contribution in [0.25, 0.3) is 0 Å². The third-order valence-corrected chi connectivity index (χ3v) is 2.45. The minimum atomic E-state index is 0.447. The van der Waals surface area contributed by atoms with Crippen LogP contribution in [0.4, 0.5) is 11.5 Å². The van der Waals surface area contributed by atoms with E-state index in [9.17, 15) is 0 Å². The van der Waals surface area contributed by atoms with E-state index in [2.05, 4.69) is 14.9 Å². The molecule has 0 spiro atoms. The number of ether oxygens (including phenoxy) is 1. The molecule has 0 atom stereocenters. The van der Waals surface area contributed by atoms with Crippen LogP contribution in [0.15, 0.2) is 6.33 Å². The summed E-state index contributed by atoms with van der Waals surface area (Å²) in [7, 11) is 3.55. The maximum Gasteiger partial charge on any atom is 0.242 e. The van der Waals surface area contributed by atoms with E-state index in [1.807, 2.05) is 7.05 Å². The minimum Gasteiger partial charge on any atom is -0.479 e. The molecule has 0 amide bonds. The molecule has 0 aliphatic heterocycles. The number of nitrogens with zero attached hydrogens (tertiary/aromatic N) is 3. The summed E-state index contributed by atoms with van der Waals surface area (Å²) in [5.41, 5.74) is 6.39. The van der Waals surface area contributed by atoms with Gasteiger partial charge in [-0.05, 0) is 12.8 Å². The van der Waals surface area contributed by atoms with Crippen molar-refractivity contribution in [3.63, 3.8) is 0 Å². The van der Waals surface area contributed by atoms with Crippen molar-refractivity contribution in [2.24, 2.45) is 0 Å². The molecule has 2 rings (SSSR count). The van der Waals surface area contributed by atoms with Crippen LogP contribution >= 0.6 is 0 Å². The van der Waals surface area contributed by atoms with Crippen LogP contribution in [-0.2, 0) is 0 Å². The number of nitrogen functional groups attached to an aromatic ring is 1. The summed E-state index contributed by atoms with van der Waals surface area (Å²) in [6, 6.07) is 0.580. The zero-order chi connectivity index (χ0) is 10.1. The predicted molar refractivity (Wildman–Crippen MR) is 54.4 cm³/mol. The molecule has 5 nitrogen and oxygen atoms in total. The van der Waals surface area contributed by atoms with E-state index < -0.39 is 0 Å². The Hall–Kier alpha value is -1.52. The first-order valence-corrected chi connectivity index (χ1v) is 4.61. The molecule has 1 aromatic heterocycles.